The number of benzene rings is 1. The van der Waals surface area contributed by atoms with Crippen LogP contribution in [0.3, 0.4) is 0 Å². The molecule has 1 aromatic heterocycles. The Labute approximate surface area is 189 Å². The summed E-state index contributed by atoms with van der Waals surface area (Å²) in [5.74, 6) is 0.0574. The van der Waals surface area contributed by atoms with Gasteiger partial charge in [0, 0.05) is 6.42 Å². The molecule has 0 fully saturated rings. The SMILES string of the molecule is CC/C=C/CCCCCCCCCCCCCCCCC(=O)n1nnc2ccccc21. The van der Waals surface area contributed by atoms with Crippen LogP contribution in [0, 0.1) is 0 Å². The molecule has 2 aromatic rings. The highest BCUT2D eigenvalue weighted by Crippen LogP contribution is 2.15. The minimum atomic E-state index is 0.0574. The summed E-state index contributed by atoms with van der Waals surface area (Å²) >= 11 is 0. The number of rotatable bonds is 18. The molecule has 0 atom stereocenters. The van der Waals surface area contributed by atoms with Crippen LogP contribution in [0.5, 0.6) is 0 Å². The van der Waals surface area contributed by atoms with E-state index in [1.807, 2.05) is 24.3 Å². The number of aromatic nitrogens is 3. The predicted molar refractivity (Wildman–Crippen MR) is 131 cm³/mol. The van der Waals surface area contributed by atoms with Crippen molar-refractivity contribution >= 4 is 16.9 Å². The van der Waals surface area contributed by atoms with Gasteiger partial charge >= 0.3 is 0 Å². The Hall–Kier alpha value is -1.97. The normalized spacial score (nSPS) is 11.6. The Morgan fingerprint density at radius 2 is 1.32 bits per heavy atom. The number of fused-ring (bicyclic) bond motifs is 1. The average Bonchev–Trinajstić information content (AvgIpc) is 3.22. The summed E-state index contributed by atoms with van der Waals surface area (Å²) in [6.45, 7) is 2.20. The molecule has 4 heteroatoms. The summed E-state index contributed by atoms with van der Waals surface area (Å²) in [4.78, 5) is 12.3. The van der Waals surface area contributed by atoms with Crippen LogP contribution in [-0.4, -0.2) is 20.9 Å². The van der Waals surface area contributed by atoms with Gasteiger partial charge in [0.25, 0.3) is 0 Å². The minimum Gasteiger partial charge on any atom is -0.273 e. The number of unbranched alkanes of at least 4 members (excludes halogenated alkanes) is 14. The fraction of sp³-hybridized carbons (Fsp3) is 0.667. The smallest absolute Gasteiger partial charge is 0.248 e. The lowest BCUT2D eigenvalue weighted by atomic mass is 10.0. The van der Waals surface area contributed by atoms with E-state index in [1.165, 1.54) is 94.6 Å². The maximum Gasteiger partial charge on any atom is 0.248 e. The molecule has 1 aromatic carbocycles. The first kappa shape index (κ1) is 25.3. The first-order valence-corrected chi connectivity index (χ1v) is 12.8. The number of hydrogen-bond acceptors (Lipinski definition) is 3. The van der Waals surface area contributed by atoms with E-state index in [0.29, 0.717) is 6.42 Å². The molecule has 0 unspecified atom stereocenters. The molecule has 2 rings (SSSR count). The van der Waals surface area contributed by atoms with Crippen molar-refractivity contribution in [1.29, 1.82) is 0 Å². The molecule has 0 amide bonds. The highest BCUT2D eigenvalue weighted by atomic mass is 16.2. The zero-order valence-corrected chi connectivity index (χ0v) is 19.7. The fourth-order valence-corrected chi connectivity index (χ4v) is 4.10. The van der Waals surface area contributed by atoms with Gasteiger partial charge in [0.15, 0.2) is 0 Å². The van der Waals surface area contributed by atoms with Gasteiger partial charge in [0.05, 0.1) is 5.52 Å². The molecular formula is C27H43N3O. The van der Waals surface area contributed by atoms with Crippen molar-refractivity contribution in [2.45, 2.75) is 116 Å². The molecule has 0 aliphatic carbocycles. The third kappa shape index (κ3) is 10.8. The maximum atomic E-state index is 12.3. The van der Waals surface area contributed by atoms with E-state index in [-0.39, 0.29) is 5.91 Å². The highest BCUT2D eigenvalue weighted by Gasteiger charge is 2.10. The standard InChI is InChI=1S/C27H43N3O/c1-2-3-4-5-6-7-8-9-10-11-12-13-14-15-16-17-18-19-24-27(31)30-26-23-21-20-22-25(26)28-29-30/h3-4,20-23H,2,5-19,24H2,1H3/b4-3+. The van der Waals surface area contributed by atoms with E-state index >= 15 is 0 Å². The van der Waals surface area contributed by atoms with Gasteiger partial charge in [-0.2, -0.15) is 4.68 Å². The van der Waals surface area contributed by atoms with Crippen molar-refractivity contribution in [2.75, 3.05) is 0 Å². The Bertz CT molecular complexity index is 750. The van der Waals surface area contributed by atoms with Crippen LogP contribution in [0.2, 0.25) is 0 Å². The molecule has 0 radical (unpaired) electrons. The lowest BCUT2D eigenvalue weighted by Gasteiger charge is -2.04. The quantitative estimate of drug-likeness (QED) is 0.178. The van der Waals surface area contributed by atoms with Crippen LogP contribution in [0.4, 0.5) is 0 Å². The second-order valence-electron chi connectivity index (χ2n) is 8.75. The Kier molecular flexibility index (Phi) is 13.6. The predicted octanol–water partition coefficient (Wildman–Crippen LogP) is 8.28. The molecule has 1 heterocycles. The lowest BCUT2D eigenvalue weighted by Crippen LogP contribution is -2.12. The molecule has 31 heavy (non-hydrogen) atoms. The topological polar surface area (TPSA) is 47.8 Å². The number of carbonyl (C=O) groups excluding carboxylic acids is 1. The van der Waals surface area contributed by atoms with Gasteiger partial charge in [-0.1, -0.05) is 113 Å². The van der Waals surface area contributed by atoms with Gasteiger partial charge in [-0.3, -0.25) is 4.79 Å². The number of para-hydroxylation sites is 1. The van der Waals surface area contributed by atoms with Gasteiger partial charge in [0.2, 0.25) is 5.91 Å². The van der Waals surface area contributed by atoms with Crippen molar-refractivity contribution in [3.63, 3.8) is 0 Å². The maximum absolute atomic E-state index is 12.3. The lowest BCUT2D eigenvalue weighted by molar-refractivity contribution is 0.0886. The van der Waals surface area contributed by atoms with Crippen LogP contribution < -0.4 is 0 Å². The first-order chi connectivity index (χ1) is 15.3. The van der Waals surface area contributed by atoms with E-state index in [9.17, 15) is 4.79 Å². The van der Waals surface area contributed by atoms with Gasteiger partial charge in [-0.15, -0.1) is 5.10 Å². The molecule has 0 aliphatic rings. The van der Waals surface area contributed by atoms with E-state index in [0.717, 1.165) is 23.9 Å². The number of allylic oxidation sites excluding steroid dienone is 2. The Balaban J connectivity index is 1.34. The third-order valence-corrected chi connectivity index (χ3v) is 6.00. The minimum absolute atomic E-state index is 0.0574. The van der Waals surface area contributed by atoms with E-state index < -0.39 is 0 Å². The van der Waals surface area contributed by atoms with E-state index in [4.69, 9.17) is 0 Å². The summed E-state index contributed by atoms with van der Waals surface area (Å²) in [7, 11) is 0. The van der Waals surface area contributed by atoms with Crippen molar-refractivity contribution in [2.24, 2.45) is 0 Å². The van der Waals surface area contributed by atoms with Crippen LogP contribution in [0.1, 0.15) is 121 Å². The molecule has 0 N–H and O–H groups in total. The van der Waals surface area contributed by atoms with E-state index in [1.54, 1.807) is 0 Å². The second-order valence-corrected chi connectivity index (χ2v) is 8.75. The van der Waals surface area contributed by atoms with Crippen molar-refractivity contribution in [3.8, 4) is 0 Å². The first-order valence-electron chi connectivity index (χ1n) is 12.8. The Morgan fingerprint density at radius 1 is 0.774 bits per heavy atom. The summed E-state index contributed by atoms with van der Waals surface area (Å²) in [5.41, 5.74) is 1.60. The Morgan fingerprint density at radius 3 is 1.94 bits per heavy atom. The largest absolute Gasteiger partial charge is 0.273 e. The van der Waals surface area contributed by atoms with Crippen molar-refractivity contribution in [1.82, 2.24) is 15.0 Å². The summed E-state index contributed by atoms with van der Waals surface area (Å²) in [5, 5.41) is 8.07. The number of hydrogen-bond donors (Lipinski definition) is 0. The van der Waals surface area contributed by atoms with Crippen molar-refractivity contribution in [3.05, 3.63) is 36.4 Å². The monoisotopic (exact) mass is 425 g/mol. The molecule has 0 bridgehead atoms. The fourth-order valence-electron chi connectivity index (χ4n) is 4.10. The summed E-state index contributed by atoms with van der Waals surface area (Å²) in [6, 6.07) is 7.63. The zero-order chi connectivity index (χ0) is 22.0. The molecule has 0 aliphatic heterocycles. The van der Waals surface area contributed by atoms with Gasteiger partial charge in [-0.25, -0.2) is 0 Å². The summed E-state index contributed by atoms with van der Waals surface area (Å²) < 4.78 is 1.46. The van der Waals surface area contributed by atoms with Crippen LogP contribution in [0.25, 0.3) is 11.0 Å². The summed E-state index contributed by atoms with van der Waals surface area (Å²) in [6.07, 6.45) is 26.1. The molecule has 4 nitrogen and oxygen atoms in total. The zero-order valence-electron chi connectivity index (χ0n) is 19.7. The second kappa shape index (κ2) is 16.7. The average molecular weight is 426 g/mol. The molecule has 0 saturated heterocycles. The van der Waals surface area contributed by atoms with Crippen LogP contribution >= 0.6 is 0 Å². The van der Waals surface area contributed by atoms with Gasteiger partial charge in [0.1, 0.15) is 5.52 Å². The third-order valence-electron chi connectivity index (χ3n) is 6.00. The number of nitrogens with zero attached hydrogens (tertiary/aromatic N) is 3. The highest BCUT2D eigenvalue weighted by molar-refractivity contribution is 5.88. The molecule has 172 valence electrons. The molecule has 0 saturated carbocycles. The number of carbonyl (C=O) groups is 1. The van der Waals surface area contributed by atoms with E-state index in [2.05, 4.69) is 29.4 Å². The molecular weight excluding hydrogens is 382 g/mol. The van der Waals surface area contributed by atoms with Gasteiger partial charge < -0.3 is 0 Å². The van der Waals surface area contributed by atoms with Gasteiger partial charge in [-0.05, 0) is 37.8 Å². The van der Waals surface area contributed by atoms with Crippen LogP contribution in [0.15, 0.2) is 36.4 Å². The molecule has 0 spiro atoms. The van der Waals surface area contributed by atoms with Crippen molar-refractivity contribution < 1.29 is 4.79 Å². The van der Waals surface area contributed by atoms with Crippen LogP contribution in [-0.2, 0) is 0 Å².